The summed E-state index contributed by atoms with van der Waals surface area (Å²) in [7, 11) is 1.93. The zero-order valence-electron chi connectivity index (χ0n) is 16.7. The number of nitrogens with zero attached hydrogens (tertiary/aromatic N) is 1. The van der Waals surface area contributed by atoms with Crippen molar-refractivity contribution < 1.29 is 9.69 Å². The second-order valence-electron chi connectivity index (χ2n) is 7.94. The van der Waals surface area contributed by atoms with E-state index in [1.807, 2.05) is 49.5 Å². The lowest BCUT2D eigenvalue weighted by Gasteiger charge is -2.14. The van der Waals surface area contributed by atoms with Crippen molar-refractivity contribution >= 4 is 43.9 Å². The molecule has 0 bridgehead atoms. The Kier molecular flexibility index (Phi) is 4.84. The van der Waals surface area contributed by atoms with E-state index in [0.717, 1.165) is 50.8 Å². The van der Waals surface area contributed by atoms with Crippen molar-refractivity contribution in [2.24, 2.45) is 0 Å². The molecule has 0 saturated heterocycles. The van der Waals surface area contributed by atoms with Crippen molar-refractivity contribution in [2.75, 3.05) is 18.9 Å². The van der Waals surface area contributed by atoms with E-state index in [-0.39, 0.29) is 18.0 Å². The maximum absolute atomic E-state index is 12.6. The highest BCUT2D eigenvalue weighted by Gasteiger charge is 2.22. The Morgan fingerprint density at radius 1 is 1.20 bits per heavy atom. The van der Waals surface area contributed by atoms with Gasteiger partial charge in [-0.25, -0.2) is 4.98 Å². The predicted octanol–water partition coefficient (Wildman–Crippen LogP) is 2.28. The number of aryl methyl sites for hydroxylation is 2. The van der Waals surface area contributed by atoms with E-state index in [4.69, 9.17) is 0 Å². The van der Waals surface area contributed by atoms with Gasteiger partial charge in [0.25, 0.3) is 11.5 Å². The minimum absolute atomic E-state index is 0.0533. The van der Waals surface area contributed by atoms with Crippen LogP contribution in [0.25, 0.3) is 21.0 Å². The lowest BCUT2D eigenvalue weighted by Crippen LogP contribution is -3.08. The number of carbonyl (C=O) groups is 1. The van der Waals surface area contributed by atoms with E-state index < -0.39 is 0 Å². The molecular formula is C23H23N4O2S+. The second kappa shape index (κ2) is 7.66. The molecule has 4 aromatic rings. The molecule has 0 fully saturated rings. The molecule has 6 nitrogen and oxygen atoms in total. The molecule has 1 atom stereocenters. The smallest absolute Gasteiger partial charge is 0.279 e. The molecule has 2 aromatic carbocycles. The number of likely N-dealkylation sites (N-methyl/N-ethyl adjacent to an activating group) is 1. The van der Waals surface area contributed by atoms with Crippen LogP contribution in [0.4, 0.5) is 5.69 Å². The summed E-state index contributed by atoms with van der Waals surface area (Å²) in [4.78, 5) is 35.9. The Balaban J connectivity index is 1.29. The van der Waals surface area contributed by atoms with Gasteiger partial charge in [-0.3, -0.25) is 9.59 Å². The number of aromatic nitrogens is 2. The average Bonchev–Trinajstić information content (AvgIpc) is 3.29. The fraction of sp³-hybridized carbons (Fsp3) is 0.261. The summed E-state index contributed by atoms with van der Waals surface area (Å²) < 4.78 is 0. The summed E-state index contributed by atoms with van der Waals surface area (Å²) in [5.41, 5.74) is 1.94. The first kappa shape index (κ1) is 19.0. The summed E-state index contributed by atoms with van der Waals surface area (Å²) in [6, 6.07) is 13.9. The molecule has 1 unspecified atom stereocenters. The molecular weight excluding hydrogens is 396 g/mol. The van der Waals surface area contributed by atoms with Crippen LogP contribution >= 0.6 is 11.3 Å². The Morgan fingerprint density at radius 2 is 2.03 bits per heavy atom. The van der Waals surface area contributed by atoms with Crippen LogP contribution in [0.3, 0.4) is 0 Å². The van der Waals surface area contributed by atoms with E-state index >= 15 is 0 Å². The summed E-state index contributed by atoms with van der Waals surface area (Å²) in [6.07, 6.45) is 3.14. The van der Waals surface area contributed by atoms with Gasteiger partial charge < -0.3 is 15.2 Å². The Hall–Kier alpha value is -3.03. The summed E-state index contributed by atoms with van der Waals surface area (Å²) in [5.74, 6) is 0.560. The van der Waals surface area contributed by atoms with E-state index in [2.05, 4.69) is 15.3 Å². The third-order valence-corrected chi connectivity index (χ3v) is 6.81. The summed E-state index contributed by atoms with van der Waals surface area (Å²) in [6.45, 7) is 0.766. The fourth-order valence-corrected chi connectivity index (χ4v) is 5.56. The van der Waals surface area contributed by atoms with Gasteiger partial charge in [0.15, 0.2) is 12.4 Å². The van der Waals surface area contributed by atoms with E-state index in [9.17, 15) is 9.59 Å². The minimum Gasteiger partial charge on any atom is -0.323 e. The van der Waals surface area contributed by atoms with Crippen LogP contribution < -0.4 is 15.8 Å². The molecule has 0 saturated carbocycles. The molecule has 30 heavy (non-hydrogen) atoms. The maximum Gasteiger partial charge on any atom is 0.279 e. The van der Waals surface area contributed by atoms with Crippen molar-refractivity contribution in [1.29, 1.82) is 0 Å². The molecule has 5 rings (SSSR count). The molecule has 0 aliphatic heterocycles. The van der Waals surface area contributed by atoms with Crippen LogP contribution in [-0.4, -0.2) is 29.5 Å². The predicted molar refractivity (Wildman–Crippen MR) is 120 cm³/mol. The number of amides is 1. The van der Waals surface area contributed by atoms with E-state index in [1.165, 1.54) is 10.4 Å². The lowest BCUT2D eigenvalue weighted by molar-refractivity contribution is -0.885. The average molecular weight is 420 g/mol. The van der Waals surface area contributed by atoms with Gasteiger partial charge in [0.05, 0.1) is 12.4 Å². The number of aromatic amines is 1. The zero-order valence-corrected chi connectivity index (χ0v) is 17.6. The number of anilines is 1. The largest absolute Gasteiger partial charge is 0.323 e. The minimum atomic E-state index is -0.0672. The first-order chi connectivity index (χ1) is 14.6. The lowest BCUT2D eigenvalue weighted by atomic mass is 10.1. The summed E-state index contributed by atoms with van der Waals surface area (Å²) in [5, 5.41) is 5.90. The number of rotatable bonds is 5. The number of hydrogen-bond acceptors (Lipinski definition) is 4. The number of fused-ring (bicyclic) bond motifs is 4. The van der Waals surface area contributed by atoms with Crippen LogP contribution in [-0.2, 0) is 24.2 Å². The number of hydrogen-bond donors (Lipinski definition) is 3. The first-order valence-electron chi connectivity index (χ1n) is 10.2. The molecule has 0 radical (unpaired) electrons. The summed E-state index contributed by atoms with van der Waals surface area (Å²) >= 11 is 1.64. The van der Waals surface area contributed by atoms with Gasteiger partial charge >= 0.3 is 0 Å². The van der Waals surface area contributed by atoms with Crippen LogP contribution in [0, 0.1) is 0 Å². The highest BCUT2D eigenvalue weighted by molar-refractivity contribution is 7.18. The standard InChI is InChI=1S/C23H22N4O2S/c1-27(13-20(28)24-17-10-4-7-14-6-2-3-8-15(14)17)12-19-25-22(29)21-16-9-5-11-18(16)30-23(21)26-19/h2-4,6-8,10H,5,9,11-13H2,1H3,(H,24,28)(H,25,26,29)/p+1. The Bertz CT molecular complexity index is 1320. The third kappa shape index (κ3) is 3.51. The van der Waals surface area contributed by atoms with Crippen molar-refractivity contribution in [3.63, 3.8) is 0 Å². The van der Waals surface area contributed by atoms with Gasteiger partial charge in [0, 0.05) is 16.0 Å². The monoisotopic (exact) mass is 419 g/mol. The van der Waals surface area contributed by atoms with Crippen molar-refractivity contribution in [3.05, 3.63) is 69.1 Å². The highest BCUT2D eigenvalue weighted by atomic mass is 32.1. The van der Waals surface area contributed by atoms with Crippen LogP contribution in [0.5, 0.6) is 0 Å². The van der Waals surface area contributed by atoms with Gasteiger partial charge in [0.1, 0.15) is 11.4 Å². The topological polar surface area (TPSA) is 79.3 Å². The number of nitrogens with one attached hydrogen (secondary N) is 3. The van der Waals surface area contributed by atoms with Gasteiger partial charge in [-0.15, -0.1) is 11.3 Å². The van der Waals surface area contributed by atoms with Crippen molar-refractivity contribution in [3.8, 4) is 0 Å². The number of thiophene rings is 1. The molecule has 1 aliphatic carbocycles. The maximum atomic E-state index is 12.6. The van der Waals surface area contributed by atoms with Crippen LogP contribution in [0.15, 0.2) is 47.3 Å². The molecule has 2 heterocycles. The van der Waals surface area contributed by atoms with Crippen molar-refractivity contribution in [2.45, 2.75) is 25.8 Å². The Morgan fingerprint density at radius 3 is 2.93 bits per heavy atom. The van der Waals surface area contributed by atoms with Crippen molar-refractivity contribution in [1.82, 2.24) is 9.97 Å². The zero-order chi connectivity index (χ0) is 20.7. The molecule has 7 heteroatoms. The molecule has 2 aromatic heterocycles. The quantitative estimate of drug-likeness (QED) is 0.464. The molecule has 0 spiro atoms. The number of benzene rings is 2. The normalized spacial score (nSPS) is 14.2. The number of carbonyl (C=O) groups excluding carboxylic acids is 1. The van der Waals surface area contributed by atoms with Gasteiger partial charge in [0.2, 0.25) is 0 Å². The second-order valence-corrected chi connectivity index (χ2v) is 9.02. The van der Waals surface area contributed by atoms with E-state index in [1.54, 1.807) is 11.3 Å². The fourth-order valence-electron chi connectivity index (χ4n) is 4.28. The van der Waals surface area contributed by atoms with Gasteiger partial charge in [-0.1, -0.05) is 36.4 Å². The van der Waals surface area contributed by atoms with Gasteiger partial charge in [-0.2, -0.15) is 0 Å². The third-order valence-electron chi connectivity index (χ3n) is 5.62. The molecule has 1 amide bonds. The van der Waals surface area contributed by atoms with Crippen LogP contribution in [0.2, 0.25) is 0 Å². The first-order valence-corrected chi connectivity index (χ1v) is 11.0. The molecule has 152 valence electrons. The molecule has 1 aliphatic rings. The molecule has 3 N–H and O–H groups in total. The SMILES string of the molecule is C[NH+](CC(=O)Nc1cccc2ccccc12)Cc1nc2sc3c(c2c(=O)[nH]1)CCC3. The number of quaternary nitrogens is 1. The van der Waals surface area contributed by atoms with Crippen LogP contribution in [0.1, 0.15) is 22.7 Å². The van der Waals surface area contributed by atoms with Gasteiger partial charge in [-0.05, 0) is 36.3 Å². The highest BCUT2D eigenvalue weighted by Crippen LogP contribution is 2.34. The Labute approximate surface area is 177 Å². The van der Waals surface area contributed by atoms with E-state index in [0.29, 0.717) is 12.4 Å². The number of H-pyrrole nitrogens is 1.